The number of nitrogens with two attached hydrogens (primary N) is 1. The van der Waals surface area contributed by atoms with Crippen molar-refractivity contribution < 1.29 is 5.11 Å². The second kappa shape index (κ2) is 4.06. The summed E-state index contributed by atoms with van der Waals surface area (Å²) >= 11 is 0. The Morgan fingerprint density at radius 2 is 2.09 bits per heavy atom. The molecular formula is C9H15NO. The molecule has 0 saturated carbocycles. The largest absolute Gasteiger partial charge is 0.511 e. The van der Waals surface area contributed by atoms with Crippen LogP contribution in [0.1, 0.15) is 32.1 Å². The maximum Gasteiger partial charge on any atom is 0.111 e. The van der Waals surface area contributed by atoms with Gasteiger partial charge in [0.05, 0.1) is 0 Å². The zero-order chi connectivity index (χ0) is 8.10. The van der Waals surface area contributed by atoms with E-state index in [2.05, 4.69) is 6.08 Å². The highest BCUT2D eigenvalue weighted by molar-refractivity contribution is 5.08. The van der Waals surface area contributed by atoms with Crippen molar-refractivity contribution >= 4 is 0 Å². The van der Waals surface area contributed by atoms with E-state index < -0.39 is 0 Å². The van der Waals surface area contributed by atoms with Gasteiger partial charge in [0.25, 0.3) is 0 Å². The zero-order valence-electron chi connectivity index (χ0n) is 6.71. The van der Waals surface area contributed by atoms with Gasteiger partial charge in [0.2, 0.25) is 0 Å². The van der Waals surface area contributed by atoms with Gasteiger partial charge in [0.15, 0.2) is 0 Å². The maximum absolute atomic E-state index is 9.33. The molecule has 0 amide bonds. The lowest BCUT2D eigenvalue weighted by Crippen LogP contribution is -2.00. The third-order valence-corrected chi connectivity index (χ3v) is 1.91. The Bertz CT molecular complexity index is 182. The number of rotatable bonds is 0. The van der Waals surface area contributed by atoms with Crippen molar-refractivity contribution in [1.82, 2.24) is 0 Å². The minimum Gasteiger partial charge on any atom is -0.511 e. The van der Waals surface area contributed by atoms with E-state index in [9.17, 15) is 5.11 Å². The van der Waals surface area contributed by atoms with Crippen LogP contribution >= 0.6 is 0 Å². The lowest BCUT2D eigenvalue weighted by molar-refractivity contribution is 0.373. The molecule has 0 aromatic heterocycles. The highest BCUT2D eigenvalue weighted by atomic mass is 16.3. The van der Waals surface area contributed by atoms with E-state index in [1.165, 1.54) is 0 Å². The van der Waals surface area contributed by atoms with Gasteiger partial charge in [-0.15, -0.1) is 0 Å². The molecule has 62 valence electrons. The van der Waals surface area contributed by atoms with Crippen molar-refractivity contribution in [2.45, 2.75) is 32.1 Å². The van der Waals surface area contributed by atoms with E-state index in [1.54, 1.807) is 0 Å². The first-order chi connectivity index (χ1) is 5.30. The van der Waals surface area contributed by atoms with Gasteiger partial charge in [-0.2, -0.15) is 0 Å². The molecule has 0 atom stereocenters. The Labute approximate surface area is 67.4 Å². The van der Waals surface area contributed by atoms with Gasteiger partial charge in [0, 0.05) is 18.5 Å². The third-order valence-electron chi connectivity index (χ3n) is 1.91. The van der Waals surface area contributed by atoms with Gasteiger partial charge in [-0.05, 0) is 19.3 Å². The van der Waals surface area contributed by atoms with Gasteiger partial charge in [0.1, 0.15) is 5.76 Å². The lowest BCUT2D eigenvalue weighted by atomic mass is 10.1. The summed E-state index contributed by atoms with van der Waals surface area (Å²) in [5, 5.41) is 9.33. The molecule has 1 rings (SSSR count). The predicted molar refractivity (Wildman–Crippen MR) is 46.1 cm³/mol. The molecule has 0 unspecified atom stereocenters. The van der Waals surface area contributed by atoms with Crippen molar-refractivity contribution in [3.8, 4) is 0 Å². The summed E-state index contributed by atoms with van der Waals surface area (Å²) in [5.74, 6) is 0.386. The molecule has 0 aliphatic heterocycles. The van der Waals surface area contributed by atoms with E-state index in [0.717, 1.165) is 25.7 Å². The van der Waals surface area contributed by atoms with Crippen LogP contribution in [-0.2, 0) is 0 Å². The van der Waals surface area contributed by atoms with E-state index in [4.69, 9.17) is 5.73 Å². The summed E-state index contributed by atoms with van der Waals surface area (Å²) < 4.78 is 0. The quantitative estimate of drug-likeness (QED) is 0.524. The molecule has 0 bridgehead atoms. The number of hydrogen-bond acceptors (Lipinski definition) is 2. The Kier molecular flexibility index (Phi) is 3.02. The van der Waals surface area contributed by atoms with Crippen LogP contribution in [0.25, 0.3) is 0 Å². The van der Waals surface area contributed by atoms with Crippen LogP contribution in [0.3, 0.4) is 0 Å². The molecular weight excluding hydrogens is 138 g/mol. The Hall–Kier alpha value is -0.920. The number of hydrogen-bond donors (Lipinski definition) is 2. The smallest absolute Gasteiger partial charge is 0.111 e. The van der Waals surface area contributed by atoms with Crippen LogP contribution in [0.15, 0.2) is 23.6 Å². The van der Waals surface area contributed by atoms with E-state index in [-0.39, 0.29) is 0 Å². The van der Waals surface area contributed by atoms with E-state index in [1.807, 2.05) is 6.08 Å². The topological polar surface area (TPSA) is 46.2 Å². The van der Waals surface area contributed by atoms with Gasteiger partial charge in [-0.25, -0.2) is 0 Å². The number of aliphatic hydroxyl groups excluding tert-OH is 1. The molecule has 0 spiro atoms. The van der Waals surface area contributed by atoms with Gasteiger partial charge in [-0.3, -0.25) is 0 Å². The molecule has 11 heavy (non-hydrogen) atoms. The standard InChI is InChI=1S/C9H15NO/c10-8-6-4-2-1-3-5-7-9(8)11/h2,4,11H,1,3,5-7,10H2/b4-2-,9-8-. The molecule has 0 heterocycles. The normalized spacial score (nSPS) is 30.2. The first-order valence-corrected chi connectivity index (χ1v) is 4.12. The summed E-state index contributed by atoms with van der Waals surface area (Å²) in [7, 11) is 0. The highest BCUT2D eigenvalue weighted by Crippen LogP contribution is 2.13. The number of allylic oxidation sites excluding steroid dienone is 3. The lowest BCUT2D eigenvalue weighted by Gasteiger charge is -2.01. The predicted octanol–water partition coefficient (Wildman–Crippen LogP) is 2.24. The molecule has 0 saturated heterocycles. The first kappa shape index (κ1) is 8.18. The molecule has 0 radical (unpaired) electrons. The first-order valence-electron chi connectivity index (χ1n) is 4.12. The molecule has 1 aliphatic carbocycles. The van der Waals surface area contributed by atoms with Crippen molar-refractivity contribution in [3.05, 3.63) is 23.6 Å². The van der Waals surface area contributed by atoms with Crippen molar-refractivity contribution in [3.63, 3.8) is 0 Å². The average Bonchev–Trinajstić information content (AvgIpc) is 2.07. The Morgan fingerprint density at radius 3 is 2.91 bits per heavy atom. The summed E-state index contributed by atoms with van der Waals surface area (Å²) in [5.41, 5.74) is 6.22. The monoisotopic (exact) mass is 153 g/mol. The third kappa shape index (κ3) is 2.66. The minimum absolute atomic E-state index is 0.386. The van der Waals surface area contributed by atoms with Gasteiger partial charge >= 0.3 is 0 Å². The number of aliphatic hydroxyl groups is 1. The van der Waals surface area contributed by atoms with Crippen LogP contribution in [0.5, 0.6) is 0 Å². The molecule has 0 aromatic rings. The Balaban J connectivity index is 2.59. The molecule has 2 nitrogen and oxygen atoms in total. The molecule has 1 aliphatic rings. The van der Waals surface area contributed by atoms with Crippen molar-refractivity contribution in [2.75, 3.05) is 0 Å². The molecule has 3 N–H and O–H groups in total. The summed E-state index contributed by atoms with van der Waals surface area (Å²) in [6, 6.07) is 0. The van der Waals surface area contributed by atoms with Gasteiger partial charge in [-0.1, -0.05) is 12.2 Å². The van der Waals surface area contributed by atoms with Crippen LogP contribution in [0, 0.1) is 0 Å². The molecule has 0 aromatic carbocycles. The summed E-state index contributed by atoms with van der Waals surface area (Å²) in [6.45, 7) is 0. The zero-order valence-corrected chi connectivity index (χ0v) is 6.71. The molecule has 2 heteroatoms. The maximum atomic E-state index is 9.33. The van der Waals surface area contributed by atoms with E-state index >= 15 is 0 Å². The summed E-state index contributed by atoms with van der Waals surface area (Å²) in [6.07, 6.45) is 8.90. The average molecular weight is 153 g/mol. The van der Waals surface area contributed by atoms with E-state index in [0.29, 0.717) is 17.9 Å². The minimum atomic E-state index is 0.386. The van der Waals surface area contributed by atoms with Crippen LogP contribution < -0.4 is 5.73 Å². The van der Waals surface area contributed by atoms with Crippen LogP contribution in [-0.4, -0.2) is 5.11 Å². The highest BCUT2D eigenvalue weighted by Gasteiger charge is 2.01. The fourth-order valence-corrected chi connectivity index (χ4v) is 1.16. The fraction of sp³-hybridized carbons (Fsp3) is 0.556. The Morgan fingerprint density at radius 1 is 1.27 bits per heavy atom. The van der Waals surface area contributed by atoms with Crippen LogP contribution in [0.4, 0.5) is 0 Å². The van der Waals surface area contributed by atoms with Crippen LogP contribution in [0.2, 0.25) is 0 Å². The van der Waals surface area contributed by atoms with Gasteiger partial charge < -0.3 is 10.8 Å². The summed E-state index contributed by atoms with van der Waals surface area (Å²) in [4.78, 5) is 0. The second-order valence-corrected chi connectivity index (χ2v) is 2.89. The fourth-order valence-electron chi connectivity index (χ4n) is 1.16. The van der Waals surface area contributed by atoms with Crippen molar-refractivity contribution in [1.29, 1.82) is 0 Å². The second-order valence-electron chi connectivity index (χ2n) is 2.89. The SMILES string of the molecule is N/C1=C(\O)CCCC/C=C\C1. The molecule has 0 fully saturated rings. The van der Waals surface area contributed by atoms with Crippen molar-refractivity contribution in [2.24, 2.45) is 5.73 Å².